The molecule has 0 spiro atoms. The molecule has 0 saturated carbocycles. The fraction of sp³-hybridized carbons (Fsp3) is 0.500. The zero-order valence-corrected chi connectivity index (χ0v) is 18.7. The molecule has 0 radical (unpaired) electrons. The molecule has 0 N–H and O–H groups in total. The summed E-state index contributed by atoms with van der Waals surface area (Å²) in [5.74, 6) is 1.79. The minimum Gasteiger partial charge on any atom is -0.377 e. The molecule has 4 nitrogen and oxygen atoms in total. The number of fused-ring (bicyclic) bond motifs is 1. The van der Waals surface area contributed by atoms with E-state index in [1.54, 1.807) is 0 Å². The third-order valence-corrected chi connectivity index (χ3v) is 6.20. The Bertz CT molecular complexity index is 954. The van der Waals surface area contributed by atoms with Crippen molar-refractivity contribution in [2.75, 3.05) is 26.2 Å². The number of likely N-dealkylation sites (tertiary alicyclic amines) is 1. The number of ether oxygens (including phenoxy) is 1. The summed E-state index contributed by atoms with van der Waals surface area (Å²) in [4.78, 5) is 7.67. The fourth-order valence-corrected chi connectivity index (χ4v) is 4.59. The summed E-state index contributed by atoms with van der Waals surface area (Å²) in [5.41, 5.74) is 5.15. The molecular weight excluding hydrogens is 370 g/mol. The number of benzene rings is 2. The maximum atomic E-state index is 5.85. The second-order valence-corrected chi connectivity index (χ2v) is 8.88. The van der Waals surface area contributed by atoms with Crippen LogP contribution in [0.2, 0.25) is 0 Å². The zero-order valence-electron chi connectivity index (χ0n) is 18.7. The van der Waals surface area contributed by atoms with Crippen LogP contribution in [0.3, 0.4) is 0 Å². The van der Waals surface area contributed by atoms with Gasteiger partial charge in [0.2, 0.25) is 0 Å². The van der Waals surface area contributed by atoms with Crippen LogP contribution >= 0.6 is 0 Å². The number of nitrogens with zero attached hydrogens (tertiary/aromatic N) is 3. The van der Waals surface area contributed by atoms with Gasteiger partial charge in [-0.15, -0.1) is 0 Å². The van der Waals surface area contributed by atoms with E-state index < -0.39 is 0 Å². The third kappa shape index (κ3) is 5.11. The van der Waals surface area contributed by atoms with E-state index in [0.717, 1.165) is 44.7 Å². The number of aryl methyl sites for hydroxylation is 1. The number of rotatable bonds is 8. The number of hydrogen-bond acceptors (Lipinski definition) is 3. The number of piperidine rings is 1. The van der Waals surface area contributed by atoms with E-state index >= 15 is 0 Å². The Morgan fingerprint density at radius 3 is 2.60 bits per heavy atom. The van der Waals surface area contributed by atoms with Crippen molar-refractivity contribution >= 4 is 11.0 Å². The molecule has 0 unspecified atom stereocenters. The summed E-state index contributed by atoms with van der Waals surface area (Å²) < 4.78 is 8.26. The van der Waals surface area contributed by atoms with E-state index in [9.17, 15) is 0 Å². The van der Waals surface area contributed by atoms with Gasteiger partial charge in [0, 0.05) is 19.0 Å². The van der Waals surface area contributed by atoms with E-state index in [-0.39, 0.29) is 6.10 Å². The van der Waals surface area contributed by atoms with Crippen molar-refractivity contribution in [2.24, 2.45) is 0 Å². The summed E-state index contributed by atoms with van der Waals surface area (Å²) in [7, 11) is 0. The molecule has 160 valence electrons. The smallest absolute Gasteiger partial charge is 0.113 e. The predicted octanol–water partition coefficient (Wildman–Crippen LogP) is 5.19. The highest BCUT2D eigenvalue weighted by Gasteiger charge is 2.25. The summed E-state index contributed by atoms with van der Waals surface area (Å²) in [5, 5.41) is 0. The van der Waals surface area contributed by atoms with Crippen LogP contribution in [0.15, 0.2) is 48.5 Å². The van der Waals surface area contributed by atoms with Gasteiger partial charge < -0.3 is 14.2 Å². The van der Waals surface area contributed by atoms with Crippen molar-refractivity contribution in [3.63, 3.8) is 0 Å². The Hall–Kier alpha value is -2.17. The highest BCUT2D eigenvalue weighted by Crippen LogP contribution is 2.30. The van der Waals surface area contributed by atoms with Gasteiger partial charge in [-0.1, -0.05) is 42.0 Å². The van der Waals surface area contributed by atoms with E-state index in [1.165, 1.54) is 35.3 Å². The minimum atomic E-state index is 0.264. The molecule has 4 rings (SSSR count). The molecule has 2 aromatic carbocycles. The number of hydrogen-bond donors (Lipinski definition) is 0. The van der Waals surface area contributed by atoms with Gasteiger partial charge >= 0.3 is 0 Å². The van der Waals surface area contributed by atoms with Crippen LogP contribution in [-0.4, -0.2) is 46.8 Å². The molecule has 30 heavy (non-hydrogen) atoms. The Balaban J connectivity index is 1.40. The molecule has 0 aliphatic carbocycles. The molecule has 0 bridgehead atoms. The van der Waals surface area contributed by atoms with Crippen LogP contribution in [0.5, 0.6) is 0 Å². The van der Waals surface area contributed by atoms with E-state index in [0.29, 0.717) is 5.92 Å². The largest absolute Gasteiger partial charge is 0.377 e. The van der Waals surface area contributed by atoms with Gasteiger partial charge in [0.1, 0.15) is 5.82 Å². The van der Waals surface area contributed by atoms with Crippen LogP contribution in [0.25, 0.3) is 11.0 Å². The molecule has 0 atom stereocenters. The van der Waals surface area contributed by atoms with Gasteiger partial charge in [0.15, 0.2) is 0 Å². The lowest BCUT2D eigenvalue weighted by Gasteiger charge is -2.32. The van der Waals surface area contributed by atoms with Crippen LogP contribution in [-0.2, 0) is 17.7 Å². The first-order valence-corrected chi connectivity index (χ1v) is 11.4. The highest BCUT2D eigenvalue weighted by molar-refractivity contribution is 5.76. The average molecular weight is 406 g/mol. The van der Waals surface area contributed by atoms with Gasteiger partial charge in [-0.05, 0) is 70.8 Å². The van der Waals surface area contributed by atoms with Gasteiger partial charge in [0.05, 0.1) is 23.7 Å². The van der Waals surface area contributed by atoms with Gasteiger partial charge in [-0.25, -0.2) is 4.98 Å². The van der Waals surface area contributed by atoms with Gasteiger partial charge in [-0.2, -0.15) is 0 Å². The van der Waals surface area contributed by atoms with Crippen LogP contribution in [0.1, 0.15) is 49.6 Å². The fourth-order valence-electron chi connectivity index (χ4n) is 4.59. The summed E-state index contributed by atoms with van der Waals surface area (Å²) in [6.07, 6.45) is 3.77. The van der Waals surface area contributed by atoms with Crippen LogP contribution in [0.4, 0.5) is 0 Å². The first kappa shape index (κ1) is 21.1. The quantitative estimate of drug-likeness (QED) is 0.516. The zero-order chi connectivity index (χ0) is 20.9. The van der Waals surface area contributed by atoms with Crippen molar-refractivity contribution in [1.82, 2.24) is 14.5 Å². The van der Waals surface area contributed by atoms with E-state index in [4.69, 9.17) is 9.72 Å². The normalized spacial score (nSPS) is 16.0. The molecule has 1 aromatic heterocycles. The number of imidazole rings is 1. The Kier molecular flexibility index (Phi) is 6.86. The summed E-state index contributed by atoms with van der Waals surface area (Å²) in [6, 6.07) is 17.4. The molecular formula is C26H35N3O. The standard InChI is InChI=1S/C26H35N3O/c1-20(2)30-18-17-29-25-10-5-4-9-24(25)27-26(29)23-12-15-28(16-13-23)14-11-22-8-6-7-21(3)19-22/h4-10,19-20,23H,11-18H2,1-3H3. The Labute approximate surface area is 180 Å². The summed E-state index contributed by atoms with van der Waals surface area (Å²) >= 11 is 0. The Morgan fingerprint density at radius 1 is 1.03 bits per heavy atom. The minimum absolute atomic E-state index is 0.264. The lowest BCUT2D eigenvalue weighted by Crippen LogP contribution is -2.35. The Morgan fingerprint density at radius 2 is 1.83 bits per heavy atom. The third-order valence-electron chi connectivity index (χ3n) is 6.20. The second-order valence-electron chi connectivity index (χ2n) is 8.88. The van der Waals surface area contributed by atoms with Crippen molar-refractivity contribution in [3.05, 3.63) is 65.5 Å². The lowest BCUT2D eigenvalue weighted by atomic mass is 9.95. The molecule has 4 heteroatoms. The van der Waals surface area contributed by atoms with E-state index in [2.05, 4.69) is 78.8 Å². The molecule has 2 heterocycles. The first-order valence-electron chi connectivity index (χ1n) is 11.4. The molecule has 1 aliphatic heterocycles. The lowest BCUT2D eigenvalue weighted by molar-refractivity contribution is 0.0724. The molecule has 1 aliphatic rings. The SMILES string of the molecule is Cc1cccc(CCN2CCC(c3nc4ccccc4n3CCOC(C)C)CC2)c1. The summed E-state index contributed by atoms with van der Waals surface area (Å²) in [6.45, 7) is 11.4. The van der Waals surface area contributed by atoms with Crippen LogP contribution < -0.4 is 0 Å². The maximum absolute atomic E-state index is 5.85. The molecule has 1 fully saturated rings. The second kappa shape index (κ2) is 9.76. The van der Waals surface area contributed by atoms with Gasteiger partial charge in [0.25, 0.3) is 0 Å². The van der Waals surface area contributed by atoms with Crippen LogP contribution in [0, 0.1) is 6.92 Å². The monoisotopic (exact) mass is 405 g/mol. The van der Waals surface area contributed by atoms with Crippen molar-refractivity contribution in [1.29, 1.82) is 0 Å². The number of para-hydroxylation sites is 2. The van der Waals surface area contributed by atoms with Gasteiger partial charge in [-0.3, -0.25) is 0 Å². The molecule has 0 amide bonds. The number of aromatic nitrogens is 2. The van der Waals surface area contributed by atoms with Crippen molar-refractivity contribution < 1.29 is 4.74 Å². The van der Waals surface area contributed by atoms with Crippen molar-refractivity contribution in [2.45, 2.75) is 58.6 Å². The average Bonchev–Trinajstić information content (AvgIpc) is 3.11. The highest BCUT2D eigenvalue weighted by atomic mass is 16.5. The van der Waals surface area contributed by atoms with Crippen molar-refractivity contribution in [3.8, 4) is 0 Å². The first-order chi connectivity index (χ1) is 14.6. The molecule has 1 saturated heterocycles. The maximum Gasteiger partial charge on any atom is 0.113 e. The van der Waals surface area contributed by atoms with E-state index in [1.807, 2.05) is 0 Å². The molecule has 3 aromatic rings. The topological polar surface area (TPSA) is 30.3 Å². The predicted molar refractivity (Wildman–Crippen MR) is 124 cm³/mol.